The molecule has 0 aliphatic carbocycles. The standard InChI is InChI=1S/C15H23N7O2/c1-3-22-16-6-12(18-22)7-20-8-13(9-20)21-4-5-23-14(10-21)15-17-11(2)19-24-15/h6,13-14H,3-5,7-10H2,1-2H3. The number of likely N-dealkylation sites (tertiary alicyclic amines) is 1. The van der Waals surface area contributed by atoms with E-state index in [2.05, 4.69) is 30.1 Å². The maximum absolute atomic E-state index is 5.79. The van der Waals surface area contributed by atoms with E-state index in [-0.39, 0.29) is 6.10 Å². The quantitative estimate of drug-likeness (QED) is 0.770. The lowest BCUT2D eigenvalue weighted by atomic mass is 10.1. The van der Waals surface area contributed by atoms with Gasteiger partial charge in [0.25, 0.3) is 5.89 Å². The van der Waals surface area contributed by atoms with Crippen LogP contribution >= 0.6 is 0 Å². The third-order valence-electron chi connectivity index (χ3n) is 4.62. The van der Waals surface area contributed by atoms with Gasteiger partial charge in [0.1, 0.15) is 6.10 Å². The van der Waals surface area contributed by atoms with Gasteiger partial charge in [-0.25, -0.2) is 0 Å². The van der Waals surface area contributed by atoms with Crippen molar-refractivity contribution in [3.8, 4) is 0 Å². The average Bonchev–Trinajstić information content (AvgIpc) is 3.19. The van der Waals surface area contributed by atoms with E-state index < -0.39 is 0 Å². The van der Waals surface area contributed by atoms with E-state index in [1.165, 1.54) is 0 Å². The topological polar surface area (TPSA) is 85.3 Å². The molecule has 0 N–H and O–H groups in total. The molecule has 9 heteroatoms. The SMILES string of the molecule is CCn1ncc(CN2CC(N3CCOC(c4nc(C)no4)C3)C2)n1. The molecule has 1 atom stereocenters. The van der Waals surface area contributed by atoms with Crippen molar-refractivity contribution in [2.75, 3.05) is 32.8 Å². The first-order valence-electron chi connectivity index (χ1n) is 8.48. The second-order valence-corrected chi connectivity index (χ2v) is 6.41. The van der Waals surface area contributed by atoms with E-state index in [1.807, 2.05) is 20.0 Å². The Morgan fingerprint density at radius 3 is 2.88 bits per heavy atom. The van der Waals surface area contributed by atoms with Crippen molar-refractivity contribution in [2.45, 2.75) is 39.1 Å². The number of morpholine rings is 1. The summed E-state index contributed by atoms with van der Waals surface area (Å²) in [6.07, 6.45) is 1.75. The highest BCUT2D eigenvalue weighted by molar-refractivity contribution is 4.99. The van der Waals surface area contributed by atoms with Crippen molar-refractivity contribution in [3.05, 3.63) is 23.6 Å². The minimum absolute atomic E-state index is 0.113. The molecule has 0 amide bonds. The summed E-state index contributed by atoms with van der Waals surface area (Å²) in [5.41, 5.74) is 1.04. The molecule has 1 unspecified atom stereocenters. The summed E-state index contributed by atoms with van der Waals surface area (Å²) >= 11 is 0. The van der Waals surface area contributed by atoms with Crippen LogP contribution in [0.15, 0.2) is 10.7 Å². The zero-order valence-corrected chi connectivity index (χ0v) is 14.1. The van der Waals surface area contributed by atoms with Gasteiger partial charge >= 0.3 is 0 Å². The van der Waals surface area contributed by atoms with Gasteiger partial charge in [0.15, 0.2) is 5.82 Å². The first-order valence-corrected chi connectivity index (χ1v) is 8.48. The van der Waals surface area contributed by atoms with Gasteiger partial charge in [-0.05, 0) is 13.8 Å². The molecule has 0 bridgehead atoms. The smallest absolute Gasteiger partial charge is 0.257 e. The Labute approximate surface area is 140 Å². The number of aromatic nitrogens is 5. The van der Waals surface area contributed by atoms with Gasteiger partial charge in [0.2, 0.25) is 0 Å². The van der Waals surface area contributed by atoms with E-state index >= 15 is 0 Å². The minimum Gasteiger partial charge on any atom is -0.366 e. The van der Waals surface area contributed by atoms with E-state index in [1.54, 1.807) is 4.80 Å². The summed E-state index contributed by atoms with van der Waals surface area (Å²) in [5.74, 6) is 1.24. The Morgan fingerprint density at radius 2 is 2.17 bits per heavy atom. The van der Waals surface area contributed by atoms with E-state index in [4.69, 9.17) is 9.26 Å². The largest absolute Gasteiger partial charge is 0.366 e. The minimum atomic E-state index is -0.113. The van der Waals surface area contributed by atoms with Crippen molar-refractivity contribution in [3.63, 3.8) is 0 Å². The fourth-order valence-corrected chi connectivity index (χ4v) is 3.28. The number of hydrogen-bond donors (Lipinski definition) is 0. The predicted octanol–water partition coefficient (Wildman–Crippen LogP) is 0.247. The summed E-state index contributed by atoms with van der Waals surface area (Å²) in [4.78, 5) is 10.9. The first kappa shape index (κ1) is 15.7. The molecule has 24 heavy (non-hydrogen) atoms. The highest BCUT2D eigenvalue weighted by Gasteiger charge is 2.36. The van der Waals surface area contributed by atoms with Crippen LogP contribution < -0.4 is 0 Å². The molecule has 0 saturated carbocycles. The van der Waals surface area contributed by atoms with Crippen molar-refractivity contribution in [1.82, 2.24) is 34.9 Å². The summed E-state index contributed by atoms with van der Waals surface area (Å²) in [6.45, 7) is 10.1. The van der Waals surface area contributed by atoms with Crippen LogP contribution in [0.5, 0.6) is 0 Å². The summed E-state index contributed by atoms with van der Waals surface area (Å²) in [7, 11) is 0. The molecule has 0 spiro atoms. The van der Waals surface area contributed by atoms with Crippen LogP contribution in [0.2, 0.25) is 0 Å². The van der Waals surface area contributed by atoms with E-state index in [9.17, 15) is 0 Å². The van der Waals surface area contributed by atoms with Crippen LogP contribution in [0.1, 0.15) is 30.4 Å². The Morgan fingerprint density at radius 1 is 1.29 bits per heavy atom. The fourth-order valence-electron chi connectivity index (χ4n) is 3.28. The molecule has 2 aromatic rings. The van der Waals surface area contributed by atoms with Crippen LogP contribution in [-0.4, -0.2) is 73.8 Å². The zero-order valence-electron chi connectivity index (χ0n) is 14.1. The average molecular weight is 333 g/mol. The molecule has 2 saturated heterocycles. The van der Waals surface area contributed by atoms with Crippen molar-refractivity contribution in [2.24, 2.45) is 0 Å². The first-order chi connectivity index (χ1) is 11.7. The normalized spacial score (nSPS) is 23.5. The van der Waals surface area contributed by atoms with Gasteiger partial charge in [-0.1, -0.05) is 5.16 Å². The molecule has 4 rings (SSSR count). The highest BCUT2D eigenvalue weighted by Crippen LogP contribution is 2.25. The highest BCUT2D eigenvalue weighted by atomic mass is 16.5. The van der Waals surface area contributed by atoms with Crippen LogP contribution in [0.4, 0.5) is 0 Å². The monoisotopic (exact) mass is 333 g/mol. The van der Waals surface area contributed by atoms with Gasteiger partial charge in [-0.3, -0.25) is 9.80 Å². The van der Waals surface area contributed by atoms with Crippen molar-refractivity contribution >= 4 is 0 Å². The third-order valence-corrected chi connectivity index (χ3v) is 4.62. The fraction of sp³-hybridized carbons (Fsp3) is 0.733. The molecule has 2 aliphatic rings. The Balaban J connectivity index is 1.28. The molecule has 2 aromatic heterocycles. The number of nitrogens with zero attached hydrogens (tertiary/aromatic N) is 7. The maximum atomic E-state index is 5.79. The van der Waals surface area contributed by atoms with Crippen molar-refractivity contribution in [1.29, 1.82) is 0 Å². The Kier molecular flexibility index (Phi) is 4.30. The van der Waals surface area contributed by atoms with Crippen LogP contribution in [0.25, 0.3) is 0 Å². The molecule has 130 valence electrons. The van der Waals surface area contributed by atoms with Crippen LogP contribution in [0.3, 0.4) is 0 Å². The summed E-state index contributed by atoms with van der Waals surface area (Å²) < 4.78 is 11.0. The van der Waals surface area contributed by atoms with Gasteiger partial charge in [-0.2, -0.15) is 20.0 Å². The molecule has 2 aliphatic heterocycles. The number of ether oxygens (including phenoxy) is 1. The second-order valence-electron chi connectivity index (χ2n) is 6.41. The number of rotatable bonds is 5. The summed E-state index contributed by atoms with van der Waals surface area (Å²) in [6, 6.07) is 0.557. The van der Waals surface area contributed by atoms with Crippen molar-refractivity contribution < 1.29 is 9.26 Å². The molecular weight excluding hydrogens is 310 g/mol. The molecule has 0 aromatic carbocycles. The molecule has 9 nitrogen and oxygen atoms in total. The second kappa shape index (κ2) is 6.58. The van der Waals surface area contributed by atoms with Gasteiger partial charge in [0.05, 0.1) is 25.0 Å². The zero-order chi connectivity index (χ0) is 16.5. The molecule has 2 fully saturated rings. The van der Waals surface area contributed by atoms with E-state index in [0.29, 0.717) is 24.4 Å². The maximum Gasteiger partial charge on any atom is 0.257 e. The lowest BCUT2D eigenvalue weighted by Gasteiger charge is -2.47. The number of aryl methyl sites for hydroxylation is 2. The Bertz CT molecular complexity index is 679. The molecule has 0 radical (unpaired) electrons. The van der Waals surface area contributed by atoms with Gasteiger partial charge in [0, 0.05) is 38.8 Å². The van der Waals surface area contributed by atoms with Gasteiger partial charge < -0.3 is 9.26 Å². The third kappa shape index (κ3) is 3.19. The van der Waals surface area contributed by atoms with E-state index in [0.717, 1.165) is 45.0 Å². The van der Waals surface area contributed by atoms with Gasteiger partial charge in [-0.15, -0.1) is 0 Å². The lowest BCUT2D eigenvalue weighted by Crippen LogP contribution is -2.61. The van der Waals surface area contributed by atoms with Crippen LogP contribution in [-0.2, 0) is 17.8 Å². The van der Waals surface area contributed by atoms with Crippen LogP contribution in [0, 0.1) is 6.92 Å². The predicted molar refractivity (Wildman–Crippen MR) is 84.1 cm³/mol. The number of hydrogen-bond acceptors (Lipinski definition) is 8. The summed E-state index contributed by atoms with van der Waals surface area (Å²) in [5, 5.41) is 12.5. The molecular formula is C15H23N7O2. The Hall–Kier alpha value is -1.84. The molecule has 4 heterocycles. The lowest BCUT2D eigenvalue weighted by molar-refractivity contribution is -0.0844.